The van der Waals surface area contributed by atoms with Crippen molar-refractivity contribution in [2.45, 2.75) is 52.0 Å². The van der Waals surface area contributed by atoms with Crippen molar-refractivity contribution in [1.82, 2.24) is 15.5 Å². The van der Waals surface area contributed by atoms with E-state index in [1.165, 1.54) is 18.2 Å². The van der Waals surface area contributed by atoms with Crippen molar-refractivity contribution >= 4 is 17.7 Å². The Morgan fingerprint density at radius 1 is 1.18 bits per heavy atom. The predicted molar refractivity (Wildman–Crippen MR) is 105 cm³/mol. The van der Waals surface area contributed by atoms with Crippen molar-refractivity contribution in [2.75, 3.05) is 19.6 Å². The van der Waals surface area contributed by atoms with Crippen molar-refractivity contribution in [2.24, 2.45) is 5.92 Å². The van der Waals surface area contributed by atoms with E-state index in [-0.39, 0.29) is 23.3 Å². The molecule has 1 heterocycles. The molecule has 1 unspecified atom stereocenters. The molecule has 1 aliphatic rings. The smallest absolute Gasteiger partial charge is 0.254 e. The lowest BCUT2D eigenvalue weighted by molar-refractivity contribution is -0.130. The van der Waals surface area contributed by atoms with E-state index in [0.29, 0.717) is 25.9 Å². The summed E-state index contributed by atoms with van der Waals surface area (Å²) in [5.74, 6) is -1.50. The summed E-state index contributed by atoms with van der Waals surface area (Å²) in [6, 6.07) is 4.93. The number of hydrogen-bond acceptors (Lipinski definition) is 3. The Morgan fingerprint density at radius 3 is 2.64 bits per heavy atom. The summed E-state index contributed by atoms with van der Waals surface area (Å²) in [5.41, 5.74) is -0.0828. The third-order valence-corrected chi connectivity index (χ3v) is 4.93. The van der Waals surface area contributed by atoms with E-state index in [2.05, 4.69) is 10.6 Å². The molecule has 1 atom stereocenters. The number of halogens is 1. The maximum absolute atomic E-state index is 13.8. The van der Waals surface area contributed by atoms with Crippen LogP contribution in [0, 0.1) is 11.7 Å². The number of benzene rings is 1. The average molecular weight is 391 g/mol. The zero-order valence-electron chi connectivity index (χ0n) is 16.7. The molecule has 154 valence electrons. The highest BCUT2D eigenvalue weighted by Crippen LogP contribution is 2.11. The van der Waals surface area contributed by atoms with Gasteiger partial charge in [-0.3, -0.25) is 14.4 Å². The normalized spacial score (nSPS) is 15.9. The minimum absolute atomic E-state index is 0.0828. The monoisotopic (exact) mass is 391 g/mol. The maximum atomic E-state index is 13.8. The highest BCUT2D eigenvalue weighted by atomic mass is 19.1. The molecule has 0 radical (unpaired) electrons. The summed E-state index contributed by atoms with van der Waals surface area (Å²) in [6.07, 6.45) is 4.31. The van der Waals surface area contributed by atoms with Crippen molar-refractivity contribution in [3.05, 3.63) is 35.6 Å². The molecule has 0 bridgehead atoms. The number of carbonyl (C=O) groups excluding carboxylic acids is 3. The summed E-state index contributed by atoms with van der Waals surface area (Å²) >= 11 is 0. The number of hydrogen-bond donors (Lipinski definition) is 2. The zero-order chi connectivity index (χ0) is 20.5. The molecule has 0 aliphatic carbocycles. The van der Waals surface area contributed by atoms with Gasteiger partial charge >= 0.3 is 0 Å². The van der Waals surface area contributed by atoms with E-state index in [1.807, 2.05) is 18.7 Å². The Morgan fingerprint density at radius 2 is 1.93 bits per heavy atom. The molecule has 1 saturated heterocycles. The molecule has 1 aromatic rings. The van der Waals surface area contributed by atoms with Gasteiger partial charge in [0, 0.05) is 26.1 Å². The van der Waals surface area contributed by atoms with Crippen LogP contribution >= 0.6 is 0 Å². The number of carbonyl (C=O) groups is 3. The number of likely N-dealkylation sites (tertiary alicyclic amines) is 1. The first-order valence-corrected chi connectivity index (χ1v) is 10.0. The molecule has 2 N–H and O–H groups in total. The quantitative estimate of drug-likeness (QED) is 0.669. The predicted octanol–water partition coefficient (Wildman–Crippen LogP) is 2.49. The first-order valence-electron chi connectivity index (χ1n) is 10.0. The second kappa shape index (κ2) is 10.8. The van der Waals surface area contributed by atoms with Gasteiger partial charge in [-0.05, 0) is 37.3 Å². The summed E-state index contributed by atoms with van der Waals surface area (Å²) in [6.45, 7) is 5.46. The summed E-state index contributed by atoms with van der Waals surface area (Å²) in [4.78, 5) is 38.7. The van der Waals surface area contributed by atoms with Crippen LogP contribution in [0.4, 0.5) is 4.39 Å². The van der Waals surface area contributed by atoms with Crippen LogP contribution in [0.5, 0.6) is 0 Å². The van der Waals surface area contributed by atoms with E-state index in [1.54, 1.807) is 6.07 Å². The van der Waals surface area contributed by atoms with Gasteiger partial charge in [0.25, 0.3) is 5.91 Å². The van der Waals surface area contributed by atoms with Gasteiger partial charge in [-0.2, -0.15) is 0 Å². The number of nitrogens with one attached hydrogen (secondary N) is 2. The lowest BCUT2D eigenvalue weighted by atomic mass is 10.0. The largest absolute Gasteiger partial charge is 0.354 e. The van der Waals surface area contributed by atoms with E-state index in [9.17, 15) is 18.8 Å². The second-order valence-corrected chi connectivity index (χ2v) is 7.51. The molecule has 1 aromatic carbocycles. The summed E-state index contributed by atoms with van der Waals surface area (Å²) in [7, 11) is 0. The van der Waals surface area contributed by atoms with Gasteiger partial charge in [-0.25, -0.2) is 4.39 Å². The molecule has 2 rings (SSSR count). The minimum atomic E-state index is -0.757. The average Bonchev–Trinajstić information content (AvgIpc) is 2.87. The zero-order valence-corrected chi connectivity index (χ0v) is 16.7. The minimum Gasteiger partial charge on any atom is -0.354 e. The molecule has 6 nitrogen and oxygen atoms in total. The highest BCUT2D eigenvalue weighted by Gasteiger charge is 2.25. The van der Waals surface area contributed by atoms with Crippen LogP contribution in [0.1, 0.15) is 56.3 Å². The molecule has 1 aliphatic heterocycles. The van der Waals surface area contributed by atoms with Crippen LogP contribution in [0.25, 0.3) is 0 Å². The molecule has 0 aromatic heterocycles. The van der Waals surface area contributed by atoms with Crippen molar-refractivity contribution < 1.29 is 18.8 Å². The summed E-state index contributed by atoms with van der Waals surface area (Å²) in [5, 5.41) is 5.44. The molecule has 0 spiro atoms. The first kappa shape index (κ1) is 21.9. The lowest BCUT2D eigenvalue weighted by Crippen LogP contribution is -2.50. The molecular formula is C21H30FN3O3. The number of rotatable bonds is 8. The first-order chi connectivity index (χ1) is 13.4. The van der Waals surface area contributed by atoms with E-state index in [4.69, 9.17) is 0 Å². The van der Waals surface area contributed by atoms with Gasteiger partial charge in [0.1, 0.15) is 11.9 Å². The van der Waals surface area contributed by atoms with Gasteiger partial charge in [-0.15, -0.1) is 0 Å². The summed E-state index contributed by atoms with van der Waals surface area (Å²) < 4.78 is 13.8. The topological polar surface area (TPSA) is 78.5 Å². The molecule has 1 fully saturated rings. The van der Waals surface area contributed by atoms with Crippen LogP contribution in [0.15, 0.2) is 24.3 Å². The highest BCUT2D eigenvalue weighted by molar-refractivity contribution is 5.97. The molecular weight excluding hydrogens is 361 g/mol. The van der Waals surface area contributed by atoms with Gasteiger partial charge < -0.3 is 15.5 Å². The maximum Gasteiger partial charge on any atom is 0.254 e. The Bertz CT molecular complexity index is 693. The molecule has 0 saturated carbocycles. The Labute approximate surface area is 165 Å². The SMILES string of the molecule is CC(C)C(NC(=O)c1ccccc1F)C(=O)NCCCN1CCCCCC1=O. The van der Waals surface area contributed by atoms with E-state index >= 15 is 0 Å². The molecule has 3 amide bonds. The van der Waals surface area contributed by atoms with Crippen LogP contribution in [0.3, 0.4) is 0 Å². The van der Waals surface area contributed by atoms with E-state index in [0.717, 1.165) is 25.8 Å². The van der Waals surface area contributed by atoms with Gasteiger partial charge in [0.05, 0.1) is 5.56 Å². The standard InChI is InChI=1S/C21H30FN3O3/c1-15(2)19(24-20(27)16-9-5-6-10-17(16)22)21(28)23-12-8-14-25-13-7-3-4-11-18(25)26/h5-6,9-10,15,19H,3-4,7-8,11-14H2,1-2H3,(H,23,28)(H,24,27). The van der Waals surface area contributed by atoms with Crippen LogP contribution < -0.4 is 10.6 Å². The van der Waals surface area contributed by atoms with Crippen molar-refractivity contribution in [1.29, 1.82) is 0 Å². The van der Waals surface area contributed by atoms with Crippen LogP contribution in [0.2, 0.25) is 0 Å². The van der Waals surface area contributed by atoms with E-state index < -0.39 is 17.8 Å². The van der Waals surface area contributed by atoms with Crippen LogP contribution in [-0.2, 0) is 9.59 Å². The third kappa shape index (κ3) is 6.32. The fraction of sp³-hybridized carbons (Fsp3) is 0.571. The van der Waals surface area contributed by atoms with Gasteiger partial charge in [0.2, 0.25) is 11.8 Å². The molecule has 7 heteroatoms. The number of nitrogens with zero attached hydrogens (tertiary/aromatic N) is 1. The Kier molecular flexibility index (Phi) is 8.42. The Hall–Kier alpha value is -2.44. The molecule has 28 heavy (non-hydrogen) atoms. The lowest BCUT2D eigenvalue weighted by Gasteiger charge is -2.23. The van der Waals surface area contributed by atoms with Gasteiger partial charge in [0.15, 0.2) is 0 Å². The van der Waals surface area contributed by atoms with Crippen LogP contribution in [-0.4, -0.2) is 48.3 Å². The van der Waals surface area contributed by atoms with Crippen molar-refractivity contribution in [3.8, 4) is 0 Å². The third-order valence-electron chi connectivity index (χ3n) is 4.93. The van der Waals surface area contributed by atoms with Crippen molar-refractivity contribution in [3.63, 3.8) is 0 Å². The Balaban J connectivity index is 1.83. The fourth-order valence-electron chi connectivity index (χ4n) is 3.27. The number of amides is 3. The second-order valence-electron chi connectivity index (χ2n) is 7.51. The fourth-order valence-corrected chi connectivity index (χ4v) is 3.27. The van der Waals surface area contributed by atoms with Gasteiger partial charge in [-0.1, -0.05) is 32.4 Å².